The van der Waals surface area contributed by atoms with Gasteiger partial charge in [-0.2, -0.15) is 0 Å². The summed E-state index contributed by atoms with van der Waals surface area (Å²) < 4.78 is 11.1. The molecule has 0 saturated carbocycles. The lowest BCUT2D eigenvalue weighted by Gasteiger charge is -2.56. The molecular weight excluding hydrogens is 414 g/mol. The molecule has 0 spiro atoms. The van der Waals surface area contributed by atoms with Crippen molar-refractivity contribution in [2.75, 3.05) is 20.8 Å². The van der Waals surface area contributed by atoms with Gasteiger partial charge in [-0.05, 0) is 32.4 Å². The minimum Gasteiger partial charge on any atom is -0.497 e. The van der Waals surface area contributed by atoms with Crippen LogP contribution >= 0.6 is 0 Å². The molecule has 0 bridgehead atoms. The van der Waals surface area contributed by atoms with E-state index < -0.39 is 35.4 Å². The number of nitrogens with one attached hydrogen (secondary N) is 1. The molecule has 3 aliphatic heterocycles. The van der Waals surface area contributed by atoms with Crippen LogP contribution in [0.2, 0.25) is 0 Å². The molecule has 1 aromatic heterocycles. The van der Waals surface area contributed by atoms with Crippen molar-refractivity contribution >= 4 is 22.7 Å². The van der Waals surface area contributed by atoms with Crippen molar-refractivity contribution in [2.45, 2.75) is 50.3 Å². The van der Waals surface area contributed by atoms with Gasteiger partial charge in [-0.25, -0.2) is 0 Å². The van der Waals surface area contributed by atoms with Crippen LogP contribution in [0.1, 0.15) is 50.1 Å². The Balaban J connectivity index is 1.84. The number of aromatic nitrogens is 1. The fourth-order valence-electron chi connectivity index (χ4n) is 5.47. The number of rotatable bonds is 3. The average Bonchev–Trinajstić information content (AvgIpc) is 3.33. The third-order valence-electron chi connectivity index (χ3n) is 6.85. The first kappa shape index (κ1) is 21.0. The molecule has 3 N–H and O–H groups in total. The average molecular weight is 441 g/mol. The molecule has 1 aromatic carbocycles. The molecule has 2 amide bonds. The Morgan fingerprint density at radius 1 is 1.22 bits per heavy atom. The predicted octanol–water partition coefficient (Wildman–Crippen LogP) is 1.73. The lowest BCUT2D eigenvalue weighted by Crippen LogP contribution is -2.78. The number of ether oxygens (including phenoxy) is 2. The molecule has 4 atom stereocenters. The quantitative estimate of drug-likeness (QED) is 0.625. The second-order valence-corrected chi connectivity index (χ2v) is 8.95. The molecule has 4 heterocycles. The van der Waals surface area contributed by atoms with Gasteiger partial charge >= 0.3 is 0 Å². The van der Waals surface area contributed by atoms with Crippen molar-refractivity contribution < 1.29 is 29.3 Å². The summed E-state index contributed by atoms with van der Waals surface area (Å²) in [5.41, 5.74) is -1.43. The first-order valence-corrected chi connectivity index (χ1v) is 10.7. The maximum absolute atomic E-state index is 13.7. The van der Waals surface area contributed by atoms with E-state index in [-0.39, 0.29) is 13.0 Å². The highest BCUT2D eigenvalue weighted by Crippen LogP contribution is 2.54. The molecule has 2 aromatic rings. The van der Waals surface area contributed by atoms with Gasteiger partial charge in [0.05, 0.1) is 13.2 Å². The van der Waals surface area contributed by atoms with Crippen LogP contribution in [0.25, 0.3) is 10.9 Å². The van der Waals surface area contributed by atoms with Crippen LogP contribution in [0.4, 0.5) is 0 Å². The van der Waals surface area contributed by atoms with Crippen molar-refractivity contribution in [3.8, 4) is 5.75 Å². The molecule has 2 fully saturated rings. The first-order chi connectivity index (χ1) is 15.2. The van der Waals surface area contributed by atoms with E-state index in [0.717, 1.165) is 26.3 Å². The zero-order valence-electron chi connectivity index (χ0n) is 18.5. The molecular formula is C23H27N3O6. The number of hydrogen-bond donors (Lipinski definition) is 3. The summed E-state index contributed by atoms with van der Waals surface area (Å²) in [6.45, 7) is 3.94. The molecule has 9 heteroatoms. The summed E-state index contributed by atoms with van der Waals surface area (Å²) in [6.07, 6.45) is 1.25. The maximum Gasteiger partial charge on any atom is 0.281 e. The monoisotopic (exact) mass is 441 g/mol. The SMILES string of the molecule is COc1ccc2c3c([nH]c2c1)[C@H](C=C(C)C)N1C(=O)[C@]2(O)CCCN2C(=O)[C@@]1(O)[C@H]3OC. The number of aromatic amines is 1. The Morgan fingerprint density at radius 2 is 1.97 bits per heavy atom. The van der Waals surface area contributed by atoms with E-state index in [9.17, 15) is 19.8 Å². The number of benzene rings is 1. The van der Waals surface area contributed by atoms with Crippen molar-refractivity contribution in [1.29, 1.82) is 0 Å². The van der Waals surface area contributed by atoms with Gasteiger partial charge in [0.2, 0.25) is 5.72 Å². The Bertz CT molecular complexity index is 1170. The summed E-state index contributed by atoms with van der Waals surface area (Å²) in [7, 11) is 2.97. The molecule has 2 saturated heterocycles. The highest BCUT2D eigenvalue weighted by Gasteiger charge is 2.70. The van der Waals surface area contributed by atoms with Gasteiger partial charge in [-0.3, -0.25) is 14.5 Å². The molecule has 3 aliphatic rings. The van der Waals surface area contributed by atoms with Gasteiger partial charge in [0.1, 0.15) is 11.9 Å². The molecule has 0 aliphatic carbocycles. The fourth-order valence-corrected chi connectivity index (χ4v) is 5.47. The van der Waals surface area contributed by atoms with E-state index in [0.29, 0.717) is 23.4 Å². The van der Waals surface area contributed by atoms with E-state index in [1.54, 1.807) is 19.3 Å². The van der Waals surface area contributed by atoms with E-state index in [2.05, 4.69) is 4.98 Å². The Hall–Kier alpha value is -2.88. The van der Waals surface area contributed by atoms with E-state index in [1.165, 1.54) is 7.11 Å². The largest absolute Gasteiger partial charge is 0.497 e. The number of piperazine rings is 1. The summed E-state index contributed by atoms with van der Waals surface area (Å²) >= 11 is 0. The summed E-state index contributed by atoms with van der Waals surface area (Å²) in [4.78, 5) is 32.9. The molecule has 0 radical (unpaired) electrons. The van der Waals surface area contributed by atoms with Gasteiger partial charge in [0.25, 0.3) is 17.5 Å². The van der Waals surface area contributed by atoms with Gasteiger partial charge in [-0.1, -0.05) is 11.6 Å². The second kappa shape index (κ2) is 6.81. The lowest BCUT2D eigenvalue weighted by atomic mass is 9.81. The van der Waals surface area contributed by atoms with Crippen LogP contribution in [0.5, 0.6) is 5.75 Å². The Morgan fingerprint density at radius 3 is 2.62 bits per heavy atom. The summed E-state index contributed by atoms with van der Waals surface area (Å²) in [5, 5.41) is 23.9. The van der Waals surface area contributed by atoms with Crippen molar-refractivity contribution in [3.63, 3.8) is 0 Å². The molecule has 5 rings (SSSR count). The van der Waals surface area contributed by atoms with Gasteiger partial charge in [-0.15, -0.1) is 0 Å². The number of fused-ring (bicyclic) bond motifs is 5. The maximum atomic E-state index is 13.7. The van der Waals surface area contributed by atoms with Crippen LogP contribution in [0.3, 0.4) is 0 Å². The van der Waals surface area contributed by atoms with E-state index in [1.807, 2.05) is 26.0 Å². The highest BCUT2D eigenvalue weighted by atomic mass is 16.5. The first-order valence-electron chi connectivity index (χ1n) is 10.7. The fraction of sp³-hybridized carbons (Fsp3) is 0.478. The lowest BCUT2D eigenvalue weighted by molar-refractivity contribution is -0.257. The van der Waals surface area contributed by atoms with Crippen LogP contribution in [0.15, 0.2) is 29.8 Å². The zero-order chi connectivity index (χ0) is 23.0. The second-order valence-electron chi connectivity index (χ2n) is 8.95. The summed E-state index contributed by atoms with van der Waals surface area (Å²) in [5.74, 6) is -0.796. The van der Waals surface area contributed by atoms with E-state index >= 15 is 0 Å². The van der Waals surface area contributed by atoms with Crippen LogP contribution in [-0.4, -0.2) is 69.0 Å². The van der Waals surface area contributed by atoms with Crippen LogP contribution < -0.4 is 4.74 Å². The molecule has 32 heavy (non-hydrogen) atoms. The van der Waals surface area contributed by atoms with Crippen molar-refractivity contribution in [1.82, 2.24) is 14.8 Å². The molecule has 9 nitrogen and oxygen atoms in total. The minimum atomic E-state index is -2.30. The standard InChI is InChI=1S/C23H27N3O6/c1-12(2)10-16-18-17(14-7-6-13(31-3)11-15(14)24-18)19(32-4)23(30)21(28)25-9-5-8-22(25,29)20(27)26(16)23/h6-7,10-11,16,19,24,29-30H,5,8-9H2,1-4H3/t16-,19-,22+,23-/m0/s1. The number of methoxy groups -OCH3 is 2. The van der Waals surface area contributed by atoms with Crippen LogP contribution in [-0.2, 0) is 14.3 Å². The third-order valence-corrected chi connectivity index (χ3v) is 6.85. The van der Waals surface area contributed by atoms with Gasteiger partial charge in [0.15, 0.2) is 0 Å². The van der Waals surface area contributed by atoms with Crippen molar-refractivity contribution in [3.05, 3.63) is 41.1 Å². The Labute approximate surface area is 185 Å². The number of hydrogen-bond acceptors (Lipinski definition) is 6. The molecule has 0 unspecified atom stereocenters. The number of carbonyl (C=O) groups is 2. The summed E-state index contributed by atoms with van der Waals surface area (Å²) in [6, 6.07) is 4.66. The van der Waals surface area contributed by atoms with Gasteiger partial charge in [0, 0.05) is 48.3 Å². The third kappa shape index (κ3) is 2.44. The normalized spacial score (nSPS) is 31.4. The number of allylic oxidation sites excluding steroid dienone is 1. The number of carbonyl (C=O) groups excluding carboxylic acids is 2. The number of aliphatic hydroxyl groups is 2. The highest BCUT2D eigenvalue weighted by molar-refractivity contribution is 6.03. The predicted molar refractivity (Wildman–Crippen MR) is 114 cm³/mol. The number of amides is 2. The Kier molecular flexibility index (Phi) is 4.47. The zero-order valence-corrected chi connectivity index (χ0v) is 18.5. The van der Waals surface area contributed by atoms with Crippen LogP contribution in [0, 0.1) is 0 Å². The smallest absolute Gasteiger partial charge is 0.281 e. The molecule has 170 valence electrons. The van der Waals surface area contributed by atoms with Gasteiger partial charge < -0.3 is 29.6 Å². The van der Waals surface area contributed by atoms with E-state index in [4.69, 9.17) is 9.47 Å². The number of H-pyrrole nitrogens is 1. The topological polar surface area (TPSA) is 115 Å². The number of nitrogens with zero attached hydrogens (tertiary/aromatic N) is 2. The van der Waals surface area contributed by atoms with Crippen molar-refractivity contribution in [2.24, 2.45) is 0 Å². The minimum absolute atomic E-state index is 0.125.